The summed E-state index contributed by atoms with van der Waals surface area (Å²) in [5.41, 5.74) is 0. The highest BCUT2D eigenvalue weighted by atomic mass is 32.2. The van der Waals surface area contributed by atoms with Gasteiger partial charge in [-0.1, -0.05) is 0 Å². The molecule has 0 radical (unpaired) electrons. The van der Waals surface area contributed by atoms with Gasteiger partial charge in [-0.2, -0.15) is 4.31 Å². The predicted molar refractivity (Wildman–Crippen MR) is 77.1 cm³/mol. The number of tetrazole rings is 1. The molecule has 8 nitrogen and oxygen atoms in total. The van der Waals surface area contributed by atoms with Gasteiger partial charge in [-0.25, -0.2) is 17.5 Å². The highest BCUT2D eigenvalue weighted by molar-refractivity contribution is 7.89. The molecule has 1 aliphatic heterocycles. The zero-order chi connectivity index (χ0) is 16.6. The molecular weight excluding hydrogens is 325 g/mol. The summed E-state index contributed by atoms with van der Waals surface area (Å²) in [5.74, 6) is -0.107. The second-order valence-electron chi connectivity index (χ2n) is 5.38. The van der Waals surface area contributed by atoms with Crippen molar-refractivity contribution in [3.63, 3.8) is 0 Å². The van der Waals surface area contributed by atoms with Crippen LogP contribution >= 0.6 is 0 Å². The van der Waals surface area contributed by atoms with Crippen LogP contribution < -0.4 is 0 Å². The first-order valence-corrected chi connectivity index (χ1v) is 8.51. The van der Waals surface area contributed by atoms with Crippen molar-refractivity contribution in [1.29, 1.82) is 0 Å². The van der Waals surface area contributed by atoms with Gasteiger partial charge in [-0.3, -0.25) is 0 Å². The molecule has 2 atom stereocenters. The molecule has 1 saturated heterocycles. The van der Waals surface area contributed by atoms with Crippen LogP contribution in [0.4, 0.5) is 4.39 Å². The van der Waals surface area contributed by atoms with E-state index in [0.29, 0.717) is 18.7 Å². The van der Waals surface area contributed by atoms with Crippen LogP contribution in [0.25, 0.3) is 0 Å². The Morgan fingerprint density at radius 1 is 1.30 bits per heavy atom. The number of benzene rings is 1. The number of nitrogens with zero attached hydrogens (tertiary/aromatic N) is 5. The summed E-state index contributed by atoms with van der Waals surface area (Å²) in [5, 5.41) is 20.7. The summed E-state index contributed by atoms with van der Waals surface area (Å²) in [6, 6.07) is 3.48. The van der Waals surface area contributed by atoms with Crippen molar-refractivity contribution in [3.05, 3.63) is 35.9 Å². The maximum Gasteiger partial charge on any atom is 0.244 e. The Morgan fingerprint density at radius 2 is 2.00 bits per heavy atom. The van der Waals surface area contributed by atoms with E-state index in [0.717, 1.165) is 12.1 Å². The molecule has 1 aromatic carbocycles. The monoisotopic (exact) mass is 341 g/mol. The number of rotatable bonds is 4. The quantitative estimate of drug-likeness (QED) is 0.855. The average Bonchev–Trinajstić information content (AvgIpc) is 3.13. The molecule has 0 saturated carbocycles. The maximum atomic E-state index is 13.1. The van der Waals surface area contributed by atoms with Gasteiger partial charge in [0.1, 0.15) is 5.82 Å². The predicted octanol–water partition coefficient (Wildman–Crippen LogP) is 0.236. The second kappa shape index (κ2) is 5.95. The fourth-order valence-corrected chi connectivity index (χ4v) is 4.71. The number of aryl methyl sites for hydroxylation is 1. The molecule has 23 heavy (non-hydrogen) atoms. The van der Waals surface area contributed by atoms with Gasteiger partial charge >= 0.3 is 0 Å². The van der Waals surface area contributed by atoms with Crippen molar-refractivity contribution >= 4 is 10.0 Å². The van der Waals surface area contributed by atoms with Crippen LogP contribution in [-0.2, 0) is 17.1 Å². The Hall–Kier alpha value is -1.91. The summed E-state index contributed by atoms with van der Waals surface area (Å²) in [6.45, 7) is -0.303. The van der Waals surface area contributed by atoms with E-state index in [1.165, 1.54) is 21.1 Å². The minimum atomic E-state index is -3.91. The van der Waals surface area contributed by atoms with Gasteiger partial charge in [-0.05, 0) is 47.5 Å². The lowest BCUT2D eigenvalue weighted by molar-refractivity contribution is 0.194. The lowest BCUT2D eigenvalue weighted by Gasteiger charge is -2.27. The topological polar surface area (TPSA) is 101 Å². The standard InChI is InChI=1S/C13H16FN5O3S/c1-18-13(15-16-17-18)12-7-4-10(8-20)19(12)23(21,22)11-5-2-9(14)3-6-11/h2-3,5-6,10,12,20H,4,7-8H2,1H3/t10-,12-/m0/s1. The highest BCUT2D eigenvalue weighted by Crippen LogP contribution is 2.39. The molecule has 1 N–H and O–H groups in total. The summed E-state index contributed by atoms with van der Waals surface area (Å²) >= 11 is 0. The van der Waals surface area contributed by atoms with Gasteiger partial charge in [0.15, 0.2) is 5.82 Å². The van der Waals surface area contributed by atoms with Gasteiger partial charge in [-0.15, -0.1) is 5.10 Å². The van der Waals surface area contributed by atoms with Gasteiger partial charge in [0.05, 0.1) is 17.5 Å². The zero-order valence-corrected chi connectivity index (χ0v) is 13.2. The fraction of sp³-hybridized carbons (Fsp3) is 0.462. The van der Waals surface area contributed by atoms with E-state index in [2.05, 4.69) is 15.5 Å². The largest absolute Gasteiger partial charge is 0.395 e. The van der Waals surface area contributed by atoms with Gasteiger partial charge in [0.25, 0.3) is 0 Å². The first-order valence-electron chi connectivity index (χ1n) is 7.07. The van der Waals surface area contributed by atoms with E-state index in [1.54, 1.807) is 7.05 Å². The van der Waals surface area contributed by atoms with Crippen LogP contribution in [0, 0.1) is 5.82 Å². The SMILES string of the molecule is Cn1nnnc1[C@@H]1CC[C@@H](CO)N1S(=O)(=O)c1ccc(F)cc1. The van der Waals surface area contributed by atoms with Crippen molar-refractivity contribution in [3.8, 4) is 0 Å². The van der Waals surface area contributed by atoms with E-state index < -0.39 is 27.9 Å². The lowest BCUT2D eigenvalue weighted by atomic mass is 10.2. The van der Waals surface area contributed by atoms with Crippen molar-refractivity contribution in [2.45, 2.75) is 29.8 Å². The highest BCUT2D eigenvalue weighted by Gasteiger charge is 2.44. The van der Waals surface area contributed by atoms with Crippen LogP contribution in [0.15, 0.2) is 29.2 Å². The molecule has 3 rings (SSSR count). The van der Waals surface area contributed by atoms with Crippen LogP contribution in [-0.4, -0.2) is 50.7 Å². The third-order valence-electron chi connectivity index (χ3n) is 3.99. The van der Waals surface area contributed by atoms with E-state index >= 15 is 0 Å². The van der Waals surface area contributed by atoms with Gasteiger partial charge < -0.3 is 5.11 Å². The van der Waals surface area contributed by atoms with Crippen molar-refractivity contribution < 1.29 is 17.9 Å². The fourth-order valence-electron chi connectivity index (χ4n) is 2.88. The van der Waals surface area contributed by atoms with E-state index in [-0.39, 0.29) is 11.5 Å². The summed E-state index contributed by atoms with van der Waals surface area (Å²) in [7, 11) is -2.28. The first kappa shape index (κ1) is 16.0. The van der Waals surface area contributed by atoms with Crippen LogP contribution in [0.3, 0.4) is 0 Å². The number of aliphatic hydroxyl groups is 1. The molecule has 2 heterocycles. The maximum absolute atomic E-state index is 13.1. The van der Waals surface area contributed by atoms with E-state index in [9.17, 15) is 17.9 Å². The molecule has 0 unspecified atom stereocenters. The minimum Gasteiger partial charge on any atom is -0.395 e. The first-order chi connectivity index (χ1) is 10.9. The van der Waals surface area contributed by atoms with Crippen molar-refractivity contribution in [2.75, 3.05) is 6.61 Å². The Balaban J connectivity index is 2.05. The number of aliphatic hydroxyl groups excluding tert-OH is 1. The average molecular weight is 341 g/mol. The number of hydrogen-bond donors (Lipinski definition) is 1. The molecule has 124 valence electrons. The van der Waals surface area contributed by atoms with E-state index in [1.807, 2.05) is 0 Å². The molecule has 1 fully saturated rings. The zero-order valence-electron chi connectivity index (χ0n) is 12.4. The van der Waals surface area contributed by atoms with Crippen LogP contribution in [0.5, 0.6) is 0 Å². The van der Waals surface area contributed by atoms with Crippen molar-refractivity contribution in [2.24, 2.45) is 7.05 Å². The Bertz CT molecular complexity index is 792. The molecule has 1 aliphatic rings. The normalized spacial score (nSPS) is 22.6. The second-order valence-corrected chi connectivity index (χ2v) is 7.22. The molecule has 2 aromatic rings. The smallest absolute Gasteiger partial charge is 0.244 e. The van der Waals surface area contributed by atoms with Crippen molar-refractivity contribution in [1.82, 2.24) is 24.5 Å². The third-order valence-corrected chi connectivity index (χ3v) is 5.97. The Kier molecular flexibility index (Phi) is 4.13. The molecule has 0 bridgehead atoms. The molecule has 0 aliphatic carbocycles. The Labute approximate surface area is 132 Å². The summed E-state index contributed by atoms with van der Waals surface area (Å²) in [4.78, 5) is -0.0284. The third kappa shape index (κ3) is 2.73. The molecule has 1 aromatic heterocycles. The molecule has 0 amide bonds. The lowest BCUT2D eigenvalue weighted by Crippen LogP contribution is -2.40. The number of sulfonamides is 1. The summed E-state index contributed by atoms with van der Waals surface area (Å²) in [6.07, 6.45) is 0.994. The Morgan fingerprint density at radius 3 is 2.57 bits per heavy atom. The number of hydrogen-bond acceptors (Lipinski definition) is 6. The van der Waals surface area contributed by atoms with Crippen LogP contribution in [0.1, 0.15) is 24.7 Å². The number of aromatic nitrogens is 4. The summed E-state index contributed by atoms with van der Waals surface area (Å²) < 4.78 is 41.6. The van der Waals surface area contributed by atoms with Crippen LogP contribution in [0.2, 0.25) is 0 Å². The van der Waals surface area contributed by atoms with Gasteiger partial charge in [0, 0.05) is 13.1 Å². The molecular formula is C13H16FN5O3S. The minimum absolute atomic E-state index is 0.0284. The number of halogens is 1. The molecule has 0 spiro atoms. The van der Waals surface area contributed by atoms with Gasteiger partial charge in [0.2, 0.25) is 10.0 Å². The molecule has 10 heteroatoms. The van der Waals surface area contributed by atoms with E-state index in [4.69, 9.17) is 0 Å².